The Morgan fingerprint density at radius 1 is 1.04 bits per heavy atom. The molecule has 0 saturated carbocycles. The van der Waals surface area contributed by atoms with Crippen LogP contribution < -0.4 is 10.6 Å². The highest BCUT2D eigenvalue weighted by atomic mass is 32.2. The van der Waals surface area contributed by atoms with Gasteiger partial charge in [0.15, 0.2) is 0 Å². The van der Waals surface area contributed by atoms with Crippen LogP contribution in [-0.2, 0) is 4.79 Å². The summed E-state index contributed by atoms with van der Waals surface area (Å²) >= 11 is 0.606. The third kappa shape index (κ3) is 6.15. The van der Waals surface area contributed by atoms with Crippen LogP contribution in [-0.4, -0.2) is 23.7 Å². The van der Waals surface area contributed by atoms with Crippen LogP contribution in [0.4, 0.5) is 24.5 Å². The maximum Gasteiger partial charge on any atom is 0.398 e. The molecule has 2 amide bonds. The molecule has 2 aromatic rings. The third-order valence-electron chi connectivity index (χ3n) is 2.97. The first kappa shape index (κ1) is 18.9. The second-order valence-electron chi connectivity index (χ2n) is 5.12. The quantitative estimate of drug-likeness (QED) is 0.761. The Kier molecular flexibility index (Phi) is 6.08. The number of nitrogens with one attached hydrogen (secondary N) is 2. The van der Waals surface area contributed by atoms with Crippen molar-refractivity contribution in [3.8, 4) is 0 Å². The number of alkyl halides is 3. The van der Waals surface area contributed by atoms with E-state index in [9.17, 15) is 22.8 Å². The predicted molar refractivity (Wildman–Crippen MR) is 91.9 cm³/mol. The molecule has 0 bridgehead atoms. The minimum Gasteiger partial charge on any atom is -0.326 e. The van der Waals surface area contributed by atoms with Crippen molar-refractivity contribution in [2.24, 2.45) is 0 Å². The van der Waals surface area contributed by atoms with Gasteiger partial charge >= 0.3 is 6.18 Å². The van der Waals surface area contributed by atoms with Gasteiger partial charge in [0.05, 0.1) is 11.4 Å². The van der Waals surface area contributed by atoms with Crippen LogP contribution in [0, 0.1) is 0 Å². The summed E-state index contributed by atoms with van der Waals surface area (Å²) in [7, 11) is 0. The van der Waals surface area contributed by atoms with Gasteiger partial charge in [0.2, 0.25) is 5.91 Å². The highest BCUT2D eigenvalue weighted by molar-refractivity contribution is 7.99. The van der Waals surface area contributed by atoms with Crippen molar-refractivity contribution in [3.63, 3.8) is 0 Å². The van der Waals surface area contributed by atoms with Crippen LogP contribution in [0.15, 0.2) is 53.4 Å². The van der Waals surface area contributed by atoms with Gasteiger partial charge < -0.3 is 10.6 Å². The standard InChI is InChI=1S/C17H15F3N2O2S/c1-11(23)21-13-6-4-5-12(9-13)16(24)22-14-7-2-3-8-15(14)25-10-17(18,19)20/h2-9H,10H2,1H3,(H,21,23)(H,22,24). The number of thioether (sulfide) groups is 1. The molecule has 0 spiro atoms. The van der Waals surface area contributed by atoms with Crippen molar-refractivity contribution in [3.05, 3.63) is 54.1 Å². The topological polar surface area (TPSA) is 58.2 Å². The maximum absolute atomic E-state index is 12.4. The van der Waals surface area contributed by atoms with Gasteiger partial charge in [-0.1, -0.05) is 18.2 Å². The van der Waals surface area contributed by atoms with Gasteiger partial charge in [0.1, 0.15) is 0 Å². The zero-order valence-electron chi connectivity index (χ0n) is 13.2. The lowest BCUT2D eigenvalue weighted by Crippen LogP contribution is -2.14. The monoisotopic (exact) mass is 368 g/mol. The molecule has 0 fully saturated rings. The molecule has 0 aliphatic rings. The average molecular weight is 368 g/mol. The van der Waals surface area contributed by atoms with E-state index in [4.69, 9.17) is 0 Å². The van der Waals surface area contributed by atoms with E-state index < -0.39 is 17.8 Å². The first-order chi connectivity index (χ1) is 11.7. The Morgan fingerprint density at radius 3 is 2.44 bits per heavy atom. The molecule has 2 rings (SSSR count). The van der Waals surface area contributed by atoms with Gasteiger partial charge in [-0.05, 0) is 30.3 Å². The van der Waals surface area contributed by atoms with E-state index >= 15 is 0 Å². The summed E-state index contributed by atoms with van der Waals surface area (Å²) in [5.74, 6) is -1.79. The normalized spacial score (nSPS) is 11.0. The second kappa shape index (κ2) is 8.06. The zero-order chi connectivity index (χ0) is 18.4. The summed E-state index contributed by atoms with van der Waals surface area (Å²) in [6.45, 7) is 1.35. The number of hydrogen-bond acceptors (Lipinski definition) is 3. The van der Waals surface area contributed by atoms with Crippen molar-refractivity contribution in [2.45, 2.75) is 18.0 Å². The molecule has 2 N–H and O–H groups in total. The van der Waals surface area contributed by atoms with Gasteiger partial charge in [0, 0.05) is 23.1 Å². The molecule has 132 valence electrons. The Morgan fingerprint density at radius 2 is 1.76 bits per heavy atom. The third-order valence-corrected chi connectivity index (χ3v) is 4.11. The predicted octanol–water partition coefficient (Wildman–Crippen LogP) is 4.55. The molecule has 0 radical (unpaired) electrons. The van der Waals surface area contributed by atoms with Crippen LogP contribution >= 0.6 is 11.8 Å². The van der Waals surface area contributed by atoms with Crippen molar-refractivity contribution < 1.29 is 22.8 Å². The molecular formula is C17H15F3N2O2S. The fourth-order valence-electron chi connectivity index (χ4n) is 1.99. The number of carbonyl (C=O) groups is 2. The minimum atomic E-state index is -4.30. The second-order valence-corrected chi connectivity index (χ2v) is 6.13. The number of amides is 2. The van der Waals surface area contributed by atoms with Gasteiger partial charge in [-0.15, -0.1) is 11.8 Å². The molecule has 0 heterocycles. The first-order valence-corrected chi connectivity index (χ1v) is 8.21. The van der Waals surface area contributed by atoms with Crippen molar-refractivity contribution >= 4 is 35.0 Å². The van der Waals surface area contributed by atoms with E-state index in [1.165, 1.54) is 25.1 Å². The van der Waals surface area contributed by atoms with E-state index in [2.05, 4.69) is 10.6 Å². The molecule has 2 aromatic carbocycles. The number of benzene rings is 2. The largest absolute Gasteiger partial charge is 0.398 e. The first-order valence-electron chi connectivity index (χ1n) is 7.22. The number of carbonyl (C=O) groups excluding carboxylic acids is 2. The van der Waals surface area contributed by atoms with E-state index in [1.807, 2.05) is 0 Å². The van der Waals surface area contributed by atoms with Crippen molar-refractivity contribution in [2.75, 3.05) is 16.4 Å². The number of hydrogen-bond donors (Lipinski definition) is 2. The number of rotatable bonds is 5. The molecule has 25 heavy (non-hydrogen) atoms. The number of para-hydroxylation sites is 1. The molecular weight excluding hydrogens is 353 g/mol. The van der Waals surface area contributed by atoms with Crippen LogP contribution in [0.3, 0.4) is 0 Å². The minimum absolute atomic E-state index is 0.272. The smallest absolute Gasteiger partial charge is 0.326 e. The summed E-state index contributed by atoms with van der Waals surface area (Å²) in [6, 6.07) is 12.5. The summed E-state index contributed by atoms with van der Waals surface area (Å²) in [5, 5.41) is 5.17. The Bertz CT molecular complexity index is 778. The van der Waals surface area contributed by atoms with E-state index in [0.717, 1.165) is 0 Å². The SMILES string of the molecule is CC(=O)Nc1cccc(C(=O)Nc2ccccc2SCC(F)(F)F)c1. The summed E-state index contributed by atoms with van der Waals surface area (Å²) in [4.78, 5) is 23.8. The Hall–Kier alpha value is -2.48. The zero-order valence-corrected chi connectivity index (χ0v) is 14.0. The van der Waals surface area contributed by atoms with Crippen LogP contribution in [0.1, 0.15) is 17.3 Å². The van der Waals surface area contributed by atoms with Crippen LogP contribution in [0.25, 0.3) is 0 Å². The highest BCUT2D eigenvalue weighted by Gasteiger charge is 2.27. The van der Waals surface area contributed by atoms with Gasteiger partial charge in [-0.2, -0.15) is 13.2 Å². The van der Waals surface area contributed by atoms with Crippen LogP contribution in [0.2, 0.25) is 0 Å². The fourth-order valence-corrected chi connectivity index (χ4v) is 2.76. The lowest BCUT2D eigenvalue weighted by molar-refractivity contribution is -0.114. The molecule has 0 atom stereocenters. The summed E-state index contributed by atoms with van der Waals surface area (Å²) in [5.41, 5.74) is 1.04. The van der Waals surface area contributed by atoms with E-state index in [1.54, 1.807) is 30.3 Å². The molecule has 0 saturated heterocycles. The van der Waals surface area contributed by atoms with Gasteiger partial charge in [0.25, 0.3) is 5.91 Å². The summed E-state index contributed by atoms with van der Waals surface area (Å²) < 4.78 is 37.2. The van der Waals surface area contributed by atoms with E-state index in [-0.39, 0.29) is 11.5 Å². The van der Waals surface area contributed by atoms with E-state index in [0.29, 0.717) is 28.0 Å². The van der Waals surface area contributed by atoms with Crippen molar-refractivity contribution in [1.82, 2.24) is 0 Å². The number of halogens is 3. The molecule has 0 unspecified atom stereocenters. The molecule has 8 heteroatoms. The van der Waals surface area contributed by atoms with Gasteiger partial charge in [-0.25, -0.2) is 0 Å². The molecule has 4 nitrogen and oxygen atoms in total. The lowest BCUT2D eigenvalue weighted by Gasteiger charge is -2.12. The van der Waals surface area contributed by atoms with Crippen molar-refractivity contribution in [1.29, 1.82) is 0 Å². The Balaban J connectivity index is 2.14. The average Bonchev–Trinajstić information content (AvgIpc) is 2.53. The highest BCUT2D eigenvalue weighted by Crippen LogP contribution is 2.32. The van der Waals surface area contributed by atoms with Gasteiger partial charge in [-0.3, -0.25) is 9.59 Å². The maximum atomic E-state index is 12.4. The lowest BCUT2D eigenvalue weighted by atomic mass is 10.2. The molecule has 0 aliphatic carbocycles. The molecule has 0 aliphatic heterocycles. The summed E-state index contributed by atoms with van der Waals surface area (Å²) in [6.07, 6.45) is -4.30. The number of anilines is 2. The fraction of sp³-hybridized carbons (Fsp3) is 0.176. The Labute approximate surface area is 146 Å². The van der Waals surface area contributed by atoms with Crippen LogP contribution in [0.5, 0.6) is 0 Å². The molecule has 0 aromatic heterocycles.